The minimum atomic E-state index is -0.369. The van der Waals surface area contributed by atoms with Crippen molar-refractivity contribution in [2.75, 3.05) is 10.6 Å². The van der Waals surface area contributed by atoms with Crippen LogP contribution in [0.1, 0.15) is 35.9 Å². The summed E-state index contributed by atoms with van der Waals surface area (Å²) in [6.07, 6.45) is 1.23. The second-order valence-electron chi connectivity index (χ2n) is 7.72. The molecule has 0 amide bonds. The van der Waals surface area contributed by atoms with Crippen molar-refractivity contribution in [3.8, 4) is 0 Å². The topological polar surface area (TPSA) is 41.1 Å². The summed E-state index contributed by atoms with van der Waals surface area (Å²) in [7, 11) is 0. The van der Waals surface area contributed by atoms with Gasteiger partial charge in [0.25, 0.3) is 0 Å². The van der Waals surface area contributed by atoms with Gasteiger partial charge in [-0.1, -0.05) is 77.8 Å². The van der Waals surface area contributed by atoms with Crippen molar-refractivity contribution >= 4 is 40.4 Å². The second-order valence-corrected chi connectivity index (χ2v) is 8.51. The van der Waals surface area contributed by atoms with E-state index in [1.165, 1.54) is 5.56 Å². The Morgan fingerprint density at radius 1 is 0.800 bits per heavy atom. The van der Waals surface area contributed by atoms with Crippen LogP contribution in [0.4, 0.5) is 11.4 Å². The lowest BCUT2D eigenvalue weighted by Gasteiger charge is -2.30. The number of fused-ring (bicyclic) bond motifs is 1. The maximum Gasteiger partial charge on any atom is 0.163 e. The molecule has 1 heterocycles. The van der Waals surface area contributed by atoms with Gasteiger partial charge in [0.05, 0.1) is 27.5 Å². The smallest absolute Gasteiger partial charge is 0.163 e. The molecule has 150 valence electrons. The van der Waals surface area contributed by atoms with E-state index >= 15 is 0 Å². The Hall–Kier alpha value is -2.75. The van der Waals surface area contributed by atoms with Crippen molar-refractivity contribution in [1.29, 1.82) is 0 Å². The molecule has 30 heavy (non-hydrogen) atoms. The molecule has 3 aromatic carbocycles. The Labute approximate surface area is 185 Å². The molecule has 0 aromatic heterocycles. The first kappa shape index (κ1) is 19.2. The number of hydrogen-bond acceptors (Lipinski definition) is 3. The van der Waals surface area contributed by atoms with Gasteiger partial charge in [0.2, 0.25) is 0 Å². The molecule has 2 aliphatic rings. The Morgan fingerprint density at radius 2 is 1.53 bits per heavy atom. The molecule has 0 saturated heterocycles. The summed E-state index contributed by atoms with van der Waals surface area (Å²) in [5.41, 5.74) is 5.55. The molecule has 3 nitrogen and oxygen atoms in total. The van der Waals surface area contributed by atoms with Gasteiger partial charge in [0.15, 0.2) is 5.78 Å². The zero-order chi connectivity index (χ0) is 20.7. The quantitative estimate of drug-likeness (QED) is 0.457. The van der Waals surface area contributed by atoms with E-state index in [-0.39, 0.29) is 17.7 Å². The summed E-state index contributed by atoms with van der Waals surface area (Å²) in [4.78, 5) is 13.5. The monoisotopic (exact) mass is 434 g/mol. The number of anilines is 2. The number of carbonyl (C=O) groups is 1. The predicted octanol–water partition coefficient (Wildman–Crippen LogP) is 6.97. The Morgan fingerprint density at radius 3 is 2.33 bits per heavy atom. The summed E-state index contributed by atoms with van der Waals surface area (Å²) in [6, 6.07) is 23.4. The maximum absolute atomic E-state index is 13.5. The fourth-order valence-electron chi connectivity index (χ4n) is 4.43. The van der Waals surface area contributed by atoms with Gasteiger partial charge in [-0.05, 0) is 41.7 Å². The van der Waals surface area contributed by atoms with Crippen LogP contribution in [-0.2, 0) is 4.79 Å². The van der Waals surface area contributed by atoms with E-state index in [0.717, 1.165) is 34.6 Å². The number of Topliss-reactive ketones (excluding diaryl/α,β-unsaturated/α-hetero) is 1. The first-order valence-electron chi connectivity index (χ1n) is 9.99. The van der Waals surface area contributed by atoms with Gasteiger partial charge in [0, 0.05) is 17.7 Å². The van der Waals surface area contributed by atoms with Gasteiger partial charge in [-0.25, -0.2) is 0 Å². The summed E-state index contributed by atoms with van der Waals surface area (Å²) in [5, 5.41) is 8.04. The third-order valence-electron chi connectivity index (χ3n) is 5.87. The van der Waals surface area contributed by atoms with E-state index in [1.807, 2.05) is 54.6 Å². The SMILES string of the molecule is O=C1C[C@H](c2ccccc2)CC2=C1[C@H](c1cccc(Cl)c1Cl)Nc1ccccc1N2. The highest BCUT2D eigenvalue weighted by atomic mass is 35.5. The van der Waals surface area contributed by atoms with Gasteiger partial charge in [-0.2, -0.15) is 0 Å². The van der Waals surface area contributed by atoms with Gasteiger partial charge >= 0.3 is 0 Å². The van der Waals surface area contributed by atoms with Crippen LogP contribution in [0, 0.1) is 0 Å². The van der Waals surface area contributed by atoms with Crippen molar-refractivity contribution < 1.29 is 4.79 Å². The number of halogens is 2. The number of ketones is 1. The van der Waals surface area contributed by atoms with Gasteiger partial charge in [-0.15, -0.1) is 0 Å². The molecule has 0 radical (unpaired) electrons. The van der Waals surface area contributed by atoms with E-state index in [1.54, 1.807) is 6.07 Å². The van der Waals surface area contributed by atoms with Crippen LogP contribution in [0.25, 0.3) is 0 Å². The van der Waals surface area contributed by atoms with E-state index in [2.05, 4.69) is 22.8 Å². The fraction of sp³-hybridized carbons (Fsp3) is 0.160. The molecule has 0 spiro atoms. The number of allylic oxidation sites excluding steroid dienone is 1. The molecule has 2 N–H and O–H groups in total. The van der Waals surface area contributed by atoms with Crippen LogP contribution in [-0.4, -0.2) is 5.78 Å². The molecule has 1 aliphatic carbocycles. The highest BCUT2D eigenvalue weighted by Crippen LogP contribution is 2.46. The summed E-state index contributed by atoms with van der Waals surface area (Å²) < 4.78 is 0. The minimum absolute atomic E-state index is 0.124. The van der Waals surface area contributed by atoms with Gasteiger partial charge < -0.3 is 10.6 Å². The number of hydrogen-bond donors (Lipinski definition) is 2. The number of carbonyl (C=O) groups excluding carboxylic acids is 1. The van der Waals surface area contributed by atoms with E-state index in [4.69, 9.17) is 23.2 Å². The van der Waals surface area contributed by atoms with Crippen molar-refractivity contribution in [2.24, 2.45) is 0 Å². The normalized spacial score (nSPS) is 20.5. The molecule has 0 unspecified atom stereocenters. The molecular formula is C25H20Cl2N2O. The highest BCUT2D eigenvalue weighted by Gasteiger charge is 2.36. The first-order valence-corrected chi connectivity index (χ1v) is 10.7. The van der Waals surface area contributed by atoms with Crippen molar-refractivity contribution in [3.63, 3.8) is 0 Å². The molecule has 3 aromatic rings. The lowest BCUT2D eigenvalue weighted by atomic mass is 9.78. The molecule has 5 heteroatoms. The third-order valence-corrected chi connectivity index (χ3v) is 6.71. The number of para-hydroxylation sites is 2. The van der Waals surface area contributed by atoms with Crippen LogP contribution >= 0.6 is 23.2 Å². The van der Waals surface area contributed by atoms with Crippen molar-refractivity contribution in [2.45, 2.75) is 24.8 Å². The van der Waals surface area contributed by atoms with Crippen LogP contribution in [0.15, 0.2) is 84.1 Å². The molecule has 2 atom stereocenters. The van der Waals surface area contributed by atoms with Crippen molar-refractivity contribution in [1.82, 2.24) is 0 Å². The summed E-state index contributed by atoms with van der Waals surface area (Å²) in [6.45, 7) is 0. The van der Waals surface area contributed by atoms with Gasteiger partial charge in [-0.3, -0.25) is 4.79 Å². The lowest BCUT2D eigenvalue weighted by molar-refractivity contribution is -0.116. The summed E-state index contributed by atoms with van der Waals surface area (Å²) >= 11 is 12.9. The van der Waals surface area contributed by atoms with E-state index in [0.29, 0.717) is 16.5 Å². The highest BCUT2D eigenvalue weighted by molar-refractivity contribution is 6.42. The molecule has 5 rings (SSSR count). The zero-order valence-electron chi connectivity index (χ0n) is 16.2. The Balaban J connectivity index is 1.65. The van der Waals surface area contributed by atoms with Crippen LogP contribution in [0.3, 0.4) is 0 Å². The first-order chi connectivity index (χ1) is 14.6. The van der Waals surface area contributed by atoms with E-state index < -0.39 is 0 Å². The number of benzene rings is 3. The summed E-state index contributed by atoms with van der Waals surface area (Å²) in [5.74, 6) is 0.268. The average Bonchev–Trinajstić information content (AvgIpc) is 2.93. The maximum atomic E-state index is 13.5. The zero-order valence-corrected chi connectivity index (χ0v) is 17.7. The van der Waals surface area contributed by atoms with Gasteiger partial charge in [0.1, 0.15) is 0 Å². The van der Waals surface area contributed by atoms with Crippen LogP contribution < -0.4 is 10.6 Å². The Kier molecular flexibility index (Phi) is 5.01. The Bertz CT molecular complexity index is 1160. The average molecular weight is 435 g/mol. The fourth-order valence-corrected chi connectivity index (χ4v) is 4.85. The van der Waals surface area contributed by atoms with Crippen molar-refractivity contribution in [3.05, 3.63) is 105 Å². The number of rotatable bonds is 2. The predicted molar refractivity (Wildman–Crippen MR) is 123 cm³/mol. The molecular weight excluding hydrogens is 415 g/mol. The molecule has 0 fully saturated rings. The largest absolute Gasteiger partial charge is 0.372 e. The lowest BCUT2D eigenvalue weighted by Crippen LogP contribution is -2.27. The third kappa shape index (κ3) is 3.38. The number of nitrogens with one attached hydrogen (secondary N) is 2. The van der Waals surface area contributed by atoms with Crippen LogP contribution in [0.2, 0.25) is 10.0 Å². The van der Waals surface area contributed by atoms with Crippen LogP contribution in [0.5, 0.6) is 0 Å². The molecule has 0 saturated carbocycles. The molecule has 0 bridgehead atoms. The standard InChI is InChI=1S/C25H20Cl2N2O/c26-18-10-6-9-17(24(18)27)25-23-21(28-19-11-4-5-12-20(19)29-25)13-16(14-22(23)30)15-7-2-1-3-8-15/h1-12,16,25,28-29H,13-14H2/t16-,25+/m1/s1. The second kappa shape index (κ2) is 7.82. The minimum Gasteiger partial charge on any atom is -0.372 e. The van der Waals surface area contributed by atoms with E-state index in [9.17, 15) is 4.79 Å². The molecule has 1 aliphatic heterocycles.